The SMILES string of the molecule is Cc1nn(C(=O)c2ccccc2)c2c1CCCC2. The molecule has 18 heavy (non-hydrogen) atoms. The van der Waals surface area contributed by atoms with Gasteiger partial charge in [-0.25, -0.2) is 4.68 Å². The smallest absolute Gasteiger partial charge is 0.267 e. The van der Waals surface area contributed by atoms with Crippen molar-refractivity contribution in [2.75, 3.05) is 0 Å². The highest BCUT2D eigenvalue weighted by atomic mass is 16.2. The second-order valence-corrected chi connectivity index (χ2v) is 4.80. The van der Waals surface area contributed by atoms with Crippen LogP contribution in [0.5, 0.6) is 0 Å². The van der Waals surface area contributed by atoms with E-state index in [1.54, 1.807) is 4.68 Å². The van der Waals surface area contributed by atoms with Crippen LogP contribution in [-0.4, -0.2) is 15.7 Å². The molecule has 1 aromatic heterocycles. The summed E-state index contributed by atoms with van der Waals surface area (Å²) in [6.07, 6.45) is 4.39. The summed E-state index contributed by atoms with van der Waals surface area (Å²) in [6.45, 7) is 2.00. The third-order valence-corrected chi connectivity index (χ3v) is 3.59. The Bertz CT molecular complexity index is 584. The van der Waals surface area contributed by atoms with Crippen molar-refractivity contribution in [1.29, 1.82) is 0 Å². The fourth-order valence-electron chi connectivity index (χ4n) is 2.65. The molecule has 92 valence electrons. The number of carbonyl (C=O) groups is 1. The average molecular weight is 240 g/mol. The molecule has 0 atom stereocenters. The average Bonchev–Trinajstić information content (AvgIpc) is 2.77. The van der Waals surface area contributed by atoms with Gasteiger partial charge in [-0.3, -0.25) is 4.79 Å². The van der Waals surface area contributed by atoms with Gasteiger partial charge in [-0.2, -0.15) is 5.10 Å². The minimum absolute atomic E-state index is 0.0122. The van der Waals surface area contributed by atoms with Crippen LogP contribution in [0, 0.1) is 6.92 Å². The summed E-state index contributed by atoms with van der Waals surface area (Å²) in [5.74, 6) is -0.0122. The first-order valence-electron chi connectivity index (χ1n) is 6.44. The van der Waals surface area contributed by atoms with Crippen LogP contribution in [0.2, 0.25) is 0 Å². The second-order valence-electron chi connectivity index (χ2n) is 4.80. The summed E-state index contributed by atoms with van der Waals surface area (Å²) in [7, 11) is 0. The molecule has 0 fully saturated rings. The second kappa shape index (κ2) is 4.41. The number of fused-ring (bicyclic) bond motifs is 1. The van der Waals surface area contributed by atoms with Gasteiger partial charge < -0.3 is 0 Å². The van der Waals surface area contributed by atoms with Crippen molar-refractivity contribution in [3.05, 3.63) is 52.8 Å². The number of aromatic nitrogens is 2. The van der Waals surface area contributed by atoms with Gasteiger partial charge in [0, 0.05) is 5.56 Å². The molecular weight excluding hydrogens is 224 g/mol. The van der Waals surface area contributed by atoms with E-state index < -0.39 is 0 Å². The Kier molecular flexibility index (Phi) is 2.74. The van der Waals surface area contributed by atoms with Gasteiger partial charge in [-0.05, 0) is 50.3 Å². The molecule has 0 N–H and O–H groups in total. The predicted molar refractivity (Wildman–Crippen MR) is 69.8 cm³/mol. The lowest BCUT2D eigenvalue weighted by molar-refractivity contribution is 0.0940. The predicted octanol–water partition coefficient (Wildman–Crippen LogP) is 2.76. The molecule has 0 amide bonds. The number of benzene rings is 1. The lowest BCUT2D eigenvalue weighted by Gasteiger charge is -2.13. The van der Waals surface area contributed by atoms with Gasteiger partial charge in [-0.15, -0.1) is 0 Å². The molecule has 0 radical (unpaired) electrons. The zero-order valence-corrected chi connectivity index (χ0v) is 10.5. The van der Waals surface area contributed by atoms with Crippen LogP contribution in [0.25, 0.3) is 0 Å². The standard InChI is InChI=1S/C15H16N2O/c1-11-13-9-5-6-10-14(13)17(16-11)15(18)12-7-3-2-4-8-12/h2-4,7-8H,5-6,9-10H2,1H3. The summed E-state index contributed by atoms with van der Waals surface area (Å²) >= 11 is 0. The van der Waals surface area contributed by atoms with E-state index in [0.29, 0.717) is 5.56 Å². The fraction of sp³-hybridized carbons (Fsp3) is 0.333. The van der Waals surface area contributed by atoms with Crippen LogP contribution in [0.4, 0.5) is 0 Å². The van der Waals surface area contributed by atoms with Crippen LogP contribution in [0.1, 0.15) is 40.2 Å². The lowest BCUT2D eigenvalue weighted by atomic mass is 9.96. The Labute approximate surface area is 106 Å². The lowest BCUT2D eigenvalue weighted by Crippen LogP contribution is -2.18. The fourth-order valence-corrected chi connectivity index (χ4v) is 2.65. The molecule has 2 aromatic rings. The van der Waals surface area contributed by atoms with Gasteiger partial charge in [-0.1, -0.05) is 18.2 Å². The Hall–Kier alpha value is -1.90. The molecule has 1 aliphatic carbocycles. The van der Waals surface area contributed by atoms with Crippen molar-refractivity contribution in [1.82, 2.24) is 9.78 Å². The largest absolute Gasteiger partial charge is 0.278 e. The molecular formula is C15H16N2O. The summed E-state index contributed by atoms with van der Waals surface area (Å²) in [5.41, 5.74) is 4.11. The first kappa shape index (κ1) is 11.2. The highest BCUT2D eigenvalue weighted by Crippen LogP contribution is 2.24. The minimum Gasteiger partial charge on any atom is -0.267 e. The summed E-state index contributed by atoms with van der Waals surface area (Å²) in [4.78, 5) is 12.4. The van der Waals surface area contributed by atoms with Crippen molar-refractivity contribution in [2.45, 2.75) is 32.6 Å². The van der Waals surface area contributed by atoms with Gasteiger partial charge in [0.15, 0.2) is 0 Å². The molecule has 1 aliphatic rings. The number of hydrogen-bond donors (Lipinski definition) is 0. The first-order chi connectivity index (χ1) is 8.77. The summed E-state index contributed by atoms with van der Waals surface area (Å²) in [6, 6.07) is 9.37. The van der Waals surface area contributed by atoms with Gasteiger partial charge in [0.25, 0.3) is 5.91 Å². The van der Waals surface area contributed by atoms with Gasteiger partial charge in [0.2, 0.25) is 0 Å². The molecule has 1 aromatic carbocycles. The van der Waals surface area contributed by atoms with Crippen molar-refractivity contribution in [3.8, 4) is 0 Å². The van der Waals surface area contributed by atoms with E-state index in [9.17, 15) is 4.79 Å². The van der Waals surface area contributed by atoms with Crippen LogP contribution in [0.15, 0.2) is 30.3 Å². The molecule has 0 bridgehead atoms. The van der Waals surface area contributed by atoms with Crippen LogP contribution < -0.4 is 0 Å². The van der Waals surface area contributed by atoms with Crippen LogP contribution in [-0.2, 0) is 12.8 Å². The molecule has 3 heteroatoms. The molecule has 1 heterocycles. The van der Waals surface area contributed by atoms with E-state index in [1.165, 1.54) is 12.0 Å². The van der Waals surface area contributed by atoms with E-state index in [1.807, 2.05) is 37.3 Å². The minimum atomic E-state index is -0.0122. The third-order valence-electron chi connectivity index (χ3n) is 3.59. The van der Waals surface area contributed by atoms with Crippen molar-refractivity contribution >= 4 is 5.91 Å². The number of nitrogens with zero attached hydrogens (tertiary/aromatic N) is 2. The number of aryl methyl sites for hydroxylation is 1. The normalized spacial score (nSPS) is 14.3. The molecule has 0 aliphatic heterocycles. The maximum Gasteiger partial charge on any atom is 0.278 e. The Morgan fingerprint density at radius 2 is 1.89 bits per heavy atom. The van der Waals surface area contributed by atoms with E-state index >= 15 is 0 Å². The number of carbonyl (C=O) groups excluding carboxylic acids is 1. The molecule has 0 spiro atoms. The van der Waals surface area contributed by atoms with Gasteiger partial charge in [0.1, 0.15) is 0 Å². The van der Waals surface area contributed by atoms with Crippen LogP contribution in [0.3, 0.4) is 0 Å². The molecule has 0 unspecified atom stereocenters. The molecule has 0 saturated carbocycles. The van der Waals surface area contributed by atoms with E-state index in [4.69, 9.17) is 0 Å². The molecule has 3 rings (SSSR count). The zero-order chi connectivity index (χ0) is 12.5. The Morgan fingerprint density at radius 3 is 2.67 bits per heavy atom. The zero-order valence-electron chi connectivity index (χ0n) is 10.5. The van der Waals surface area contributed by atoms with Crippen LogP contribution >= 0.6 is 0 Å². The summed E-state index contributed by atoms with van der Waals surface area (Å²) < 4.78 is 1.61. The van der Waals surface area contributed by atoms with Crippen molar-refractivity contribution in [3.63, 3.8) is 0 Å². The highest BCUT2D eigenvalue weighted by Gasteiger charge is 2.22. The highest BCUT2D eigenvalue weighted by molar-refractivity contribution is 5.95. The maximum absolute atomic E-state index is 12.4. The molecule has 0 saturated heterocycles. The van der Waals surface area contributed by atoms with Gasteiger partial charge >= 0.3 is 0 Å². The topological polar surface area (TPSA) is 34.9 Å². The van der Waals surface area contributed by atoms with Crippen molar-refractivity contribution < 1.29 is 4.79 Å². The Morgan fingerprint density at radius 1 is 1.17 bits per heavy atom. The maximum atomic E-state index is 12.4. The number of rotatable bonds is 1. The van der Waals surface area contributed by atoms with Crippen molar-refractivity contribution in [2.24, 2.45) is 0 Å². The molecule has 3 nitrogen and oxygen atoms in total. The Balaban J connectivity index is 2.05. The first-order valence-corrected chi connectivity index (χ1v) is 6.44. The van der Waals surface area contributed by atoms with E-state index in [2.05, 4.69) is 5.10 Å². The number of hydrogen-bond acceptors (Lipinski definition) is 2. The monoisotopic (exact) mass is 240 g/mol. The van der Waals surface area contributed by atoms with E-state index in [-0.39, 0.29) is 5.91 Å². The third kappa shape index (κ3) is 1.76. The van der Waals surface area contributed by atoms with Gasteiger partial charge in [0.05, 0.1) is 11.4 Å². The summed E-state index contributed by atoms with van der Waals surface area (Å²) in [5, 5.41) is 4.44. The van der Waals surface area contributed by atoms with E-state index in [0.717, 1.165) is 30.7 Å². The quantitative estimate of drug-likeness (QED) is 0.768.